The summed E-state index contributed by atoms with van der Waals surface area (Å²) in [4.78, 5) is 12.2. The third kappa shape index (κ3) is 4.21. The van der Waals surface area contributed by atoms with Crippen LogP contribution in [-0.4, -0.2) is 27.0 Å². The zero-order chi connectivity index (χ0) is 20.9. The van der Waals surface area contributed by atoms with Crippen LogP contribution in [0.1, 0.15) is 23.0 Å². The van der Waals surface area contributed by atoms with Crippen molar-refractivity contribution in [1.29, 1.82) is 0 Å². The topological polar surface area (TPSA) is 92.7 Å². The molecule has 0 aliphatic carbocycles. The zero-order valence-electron chi connectivity index (χ0n) is 16.3. The fourth-order valence-corrected chi connectivity index (χ4v) is 2.96. The van der Waals surface area contributed by atoms with Gasteiger partial charge < -0.3 is 9.52 Å². The van der Waals surface area contributed by atoms with Gasteiger partial charge in [0.15, 0.2) is 11.9 Å². The number of aliphatic hydroxyl groups excluding tert-OH is 1. The first-order valence-corrected chi connectivity index (χ1v) is 9.39. The number of furan rings is 1. The Kier molecular flexibility index (Phi) is 5.54. The Bertz CT molecular complexity index is 1160. The highest BCUT2D eigenvalue weighted by molar-refractivity contribution is 5.89. The molecule has 0 radical (unpaired) electrons. The van der Waals surface area contributed by atoms with Crippen molar-refractivity contribution < 1.29 is 14.3 Å². The third-order valence-electron chi connectivity index (χ3n) is 4.48. The smallest absolute Gasteiger partial charge is 0.273 e. The molecule has 1 amide bonds. The molecule has 0 fully saturated rings. The number of nitrogens with one attached hydrogen (secondary N) is 1. The number of amides is 1. The fraction of sp³-hybridized carbons (Fsp3) is 0.0870. The molecule has 150 valence electrons. The number of carbonyl (C=O) groups is 1. The number of benzene rings is 2. The molecule has 1 atom stereocenters. The van der Waals surface area contributed by atoms with Gasteiger partial charge in [-0.2, -0.15) is 10.2 Å². The largest absolute Gasteiger partial charge is 0.460 e. The zero-order valence-corrected chi connectivity index (χ0v) is 16.3. The van der Waals surface area contributed by atoms with Crippen LogP contribution in [0, 0.1) is 6.92 Å². The summed E-state index contributed by atoms with van der Waals surface area (Å²) < 4.78 is 7.44. The van der Waals surface area contributed by atoms with Crippen LogP contribution in [0.3, 0.4) is 0 Å². The second kappa shape index (κ2) is 8.59. The lowest BCUT2D eigenvalue weighted by atomic mass is 10.1. The predicted molar refractivity (Wildman–Crippen MR) is 113 cm³/mol. The Hall–Kier alpha value is -3.97. The Balaban J connectivity index is 1.58. The van der Waals surface area contributed by atoms with Crippen molar-refractivity contribution >= 4 is 12.1 Å². The molecule has 7 heteroatoms. The van der Waals surface area contributed by atoms with Crippen LogP contribution in [-0.2, 0) is 4.79 Å². The molecule has 2 heterocycles. The number of nitrogens with zero attached hydrogens (tertiary/aromatic N) is 3. The van der Waals surface area contributed by atoms with Crippen molar-refractivity contribution in [2.24, 2.45) is 5.10 Å². The minimum absolute atomic E-state index is 0.494. The van der Waals surface area contributed by atoms with Crippen LogP contribution in [0.25, 0.3) is 17.1 Å². The molecule has 2 aromatic carbocycles. The van der Waals surface area contributed by atoms with Gasteiger partial charge in [0, 0.05) is 11.8 Å². The SMILES string of the molecule is Cc1ccc(-c2nn(-c3ccccc3)cc2/C=N\NC(=O)[C@@H](O)c2ccccc2)o1. The molecular weight excluding hydrogens is 380 g/mol. The van der Waals surface area contributed by atoms with Crippen LogP contribution in [0.2, 0.25) is 0 Å². The summed E-state index contributed by atoms with van der Waals surface area (Å²) in [6.07, 6.45) is 1.98. The van der Waals surface area contributed by atoms with Gasteiger partial charge in [0.2, 0.25) is 0 Å². The summed E-state index contributed by atoms with van der Waals surface area (Å²) >= 11 is 0. The van der Waals surface area contributed by atoms with E-state index in [1.807, 2.05) is 55.5 Å². The summed E-state index contributed by atoms with van der Waals surface area (Å²) in [6.45, 7) is 1.86. The summed E-state index contributed by atoms with van der Waals surface area (Å²) in [7, 11) is 0. The predicted octanol–water partition coefficient (Wildman–Crippen LogP) is 3.62. The number of aromatic nitrogens is 2. The minimum atomic E-state index is -1.30. The summed E-state index contributed by atoms with van der Waals surface area (Å²) in [5.41, 5.74) is 5.00. The Morgan fingerprint density at radius 2 is 1.80 bits per heavy atom. The Labute approximate surface area is 173 Å². The first kappa shape index (κ1) is 19.4. The average molecular weight is 400 g/mol. The molecule has 0 saturated heterocycles. The summed E-state index contributed by atoms with van der Waals surface area (Å²) in [5.74, 6) is 0.740. The van der Waals surface area contributed by atoms with Crippen molar-refractivity contribution in [1.82, 2.24) is 15.2 Å². The van der Waals surface area contributed by atoms with E-state index >= 15 is 0 Å². The van der Waals surface area contributed by atoms with E-state index in [0.29, 0.717) is 22.6 Å². The van der Waals surface area contributed by atoms with E-state index in [4.69, 9.17) is 4.42 Å². The fourth-order valence-electron chi connectivity index (χ4n) is 2.96. The number of hydrogen-bond acceptors (Lipinski definition) is 5. The van der Waals surface area contributed by atoms with Gasteiger partial charge in [-0.15, -0.1) is 0 Å². The first-order valence-electron chi connectivity index (χ1n) is 9.39. The Morgan fingerprint density at radius 3 is 2.47 bits per heavy atom. The minimum Gasteiger partial charge on any atom is -0.460 e. The highest BCUT2D eigenvalue weighted by Gasteiger charge is 2.17. The van der Waals surface area contributed by atoms with Crippen molar-refractivity contribution in [3.63, 3.8) is 0 Å². The van der Waals surface area contributed by atoms with Gasteiger partial charge in [-0.3, -0.25) is 4.79 Å². The lowest BCUT2D eigenvalue weighted by molar-refractivity contribution is -0.129. The normalized spacial score (nSPS) is 12.2. The molecule has 4 rings (SSSR count). The van der Waals surface area contributed by atoms with E-state index in [2.05, 4.69) is 15.6 Å². The standard InChI is InChI=1S/C23H20N4O3/c1-16-12-13-20(30-16)21-18(15-27(26-21)19-10-6-3-7-11-19)14-24-25-23(29)22(28)17-8-4-2-5-9-17/h2-15,22,28H,1H3,(H,25,29)/b24-14-/t22-/m0/s1. The van der Waals surface area contributed by atoms with E-state index in [-0.39, 0.29) is 0 Å². The summed E-state index contributed by atoms with van der Waals surface area (Å²) in [6, 6.07) is 22.0. The first-order chi connectivity index (χ1) is 14.6. The van der Waals surface area contributed by atoms with Crippen LogP contribution in [0.4, 0.5) is 0 Å². The molecule has 30 heavy (non-hydrogen) atoms. The number of para-hydroxylation sites is 1. The summed E-state index contributed by atoms with van der Waals surface area (Å²) in [5, 5.41) is 18.8. The second-order valence-corrected chi connectivity index (χ2v) is 6.67. The third-order valence-corrected chi connectivity index (χ3v) is 4.48. The number of carbonyl (C=O) groups excluding carboxylic acids is 1. The van der Waals surface area contributed by atoms with Crippen molar-refractivity contribution in [2.45, 2.75) is 13.0 Å². The quantitative estimate of drug-likeness (QED) is 0.382. The van der Waals surface area contributed by atoms with Crippen LogP contribution < -0.4 is 5.43 Å². The monoisotopic (exact) mass is 400 g/mol. The van der Waals surface area contributed by atoms with Gasteiger partial charge in [-0.25, -0.2) is 10.1 Å². The number of rotatable bonds is 6. The van der Waals surface area contributed by atoms with Crippen LogP contribution in [0.15, 0.2) is 88.5 Å². The van der Waals surface area contributed by atoms with E-state index in [9.17, 15) is 9.90 Å². The van der Waals surface area contributed by atoms with E-state index < -0.39 is 12.0 Å². The molecule has 0 spiro atoms. The number of hydrogen-bond donors (Lipinski definition) is 2. The molecule has 4 aromatic rings. The molecule has 0 saturated carbocycles. The molecule has 0 aliphatic rings. The Morgan fingerprint density at radius 1 is 1.10 bits per heavy atom. The van der Waals surface area contributed by atoms with Gasteiger partial charge in [-0.1, -0.05) is 48.5 Å². The average Bonchev–Trinajstić information content (AvgIpc) is 3.40. The van der Waals surface area contributed by atoms with E-state index in [0.717, 1.165) is 11.4 Å². The number of aliphatic hydroxyl groups is 1. The second-order valence-electron chi connectivity index (χ2n) is 6.67. The highest BCUT2D eigenvalue weighted by Crippen LogP contribution is 2.24. The lowest BCUT2D eigenvalue weighted by Gasteiger charge is -2.08. The van der Waals surface area contributed by atoms with Gasteiger partial charge in [0.25, 0.3) is 5.91 Å². The molecule has 2 N–H and O–H groups in total. The number of aryl methyl sites for hydroxylation is 1. The molecule has 0 bridgehead atoms. The highest BCUT2D eigenvalue weighted by atomic mass is 16.3. The van der Waals surface area contributed by atoms with Crippen molar-refractivity contribution in [2.75, 3.05) is 0 Å². The molecule has 0 aliphatic heterocycles. The maximum absolute atomic E-state index is 12.2. The van der Waals surface area contributed by atoms with E-state index in [1.165, 1.54) is 6.21 Å². The maximum atomic E-state index is 12.2. The molecule has 0 unspecified atom stereocenters. The van der Waals surface area contributed by atoms with Crippen LogP contribution in [0.5, 0.6) is 0 Å². The molecule has 7 nitrogen and oxygen atoms in total. The van der Waals surface area contributed by atoms with Gasteiger partial charge >= 0.3 is 0 Å². The molecular formula is C23H20N4O3. The van der Waals surface area contributed by atoms with Crippen molar-refractivity contribution in [3.8, 4) is 17.1 Å². The van der Waals surface area contributed by atoms with Crippen molar-refractivity contribution in [3.05, 3.63) is 95.9 Å². The number of hydrazone groups is 1. The van der Waals surface area contributed by atoms with Gasteiger partial charge in [0.05, 0.1) is 11.9 Å². The molecule has 2 aromatic heterocycles. The lowest BCUT2D eigenvalue weighted by Crippen LogP contribution is -2.25. The van der Waals surface area contributed by atoms with E-state index in [1.54, 1.807) is 35.1 Å². The van der Waals surface area contributed by atoms with Gasteiger partial charge in [0.1, 0.15) is 11.5 Å². The maximum Gasteiger partial charge on any atom is 0.273 e. The van der Waals surface area contributed by atoms with Crippen LogP contribution >= 0.6 is 0 Å². The van der Waals surface area contributed by atoms with Gasteiger partial charge in [-0.05, 0) is 36.8 Å².